The molecule has 2 rings (SSSR count). The second kappa shape index (κ2) is 6.74. The van der Waals surface area contributed by atoms with E-state index in [1.54, 1.807) is 0 Å². The first-order valence-electron chi connectivity index (χ1n) is 8.15. The van der Waals surface area contributed by atoms with Crippen LogP contribution in [0.4, 0.5) is 0 Å². The fraction of sp³-hybridized carbons (Fsp3) is 0.938. The molecule has 2 aliphatic carbocycles. The molecule has 0 aromatic rings. The molecule has 0 saturated heterocycles. The van der Waals surface area contributed by atoms with Gasteiger partial charge in [0.15, 0.2) is 0 Å². The SMILES string of the molecule is CCC1(C(=O)N(CCO)C2CCCCC2)CCCC1. The fourth-order valence-electron chi connectivity index (χ4n) is 4.03. The molecule has 2 saturated carbocycles. The predicted octanol–water partition coefficient (Wildman–Crippen LogP) is 3.11. The molecule has 19 heavy (non-hydrogen) atoms. The summed E-state index contributed by atoms with van der Waals surface area (Å²) in [6, 6.07) is 0.387. The van der Waals surface area contributed by atoms with E-state index in [-0.39, 0.29) is 12.0 Å². The van der Waals surface area contributed by atoms with E-state index >= 15 is 0 Å². The molecule has 0 atom stereocenters. The molecule has 0 heterocycles. The Labute approximate surface area is 117 Å². The third-order valence-electron chi connectivity index (χ3n) is 5.31. The van der Waals surface area contributed by atoms with Crippen LogP contribution < -0.4 is 0 Å². The van der Waals surface area contributed by atoms with Gasteiger partial charge < -0.3 is 10.0 Å². The average Bonchev–Trinajstić information content (AvgIpc) is 2.95. The van der Waals surface area contributed by atoms with Crippen LogP contribution >= 0.6 is 0 Å². The molecule has 0 aromatic carbocycles. The smallest absolute Gasteiger partial charge is 0.229 e. The van der Waals surface area contributed by atoms with Crippen molar-refractivity contribution in [2.24, 2.45) is 5.41 Å². The number of carbonyl (C=O) groups is 1. The van der Waals surface area contributed by atoms with Gasteiger partial charge in [0.1, 0.15) is 0 Å². The van der Waals surface area contributed by atoms with Crippen LogP contribution in [0.1, 0.15) is 71.1 Å². The van der Waals surface area contributed by atoms with Crippen LogP contribution in [0.3, 0.4) is 0 Å². The summed E-state index contributed by atoms with van der Waals surface area (Å²) in [7, 11) is 0. The lowest BCUT2D eigenvalue weighted by Gasteiger charge is -2.40. The zero-order valence-corrected chi connectivity index (χ0v) is 12.4. The van der Waals surface area contributed by atoms with Crippen molar-refractivity contribution in [1.82, 2.24) is 4.90 Å². The van der Waals surface area contributed by atoms with Crippen molar-refractivity contribution in [2.75, 3.05) is 13.2 Å². The largest absolute Gasteiger partial charge is 0.395 e. The van der Waals surface area contributed by atoms with Gasteiger partial charge in [-0.1, -0.05) is 39.0 Å². The summed E-state index contributed by atoms with van der Waals surface area (Å²) in [5.41, 5.74) is -0.105. The van der Waals surface area contributed by atoms with Crippen molar-refractivity contribution < 1.29 is 9.90 Å². The van der Waals surface area contributed by atoms with Gasteiger partial charge in [0.25, 0.3) is 0 Å². The summed E-state index contributed by atoms with van der Waals surface area (Å²) in [6.07, 6.45) is 11.5. The summed E-state index contributed by atoms with van der Waals surface area (Å²) in [6.45, 7) is 2.79. The molecular weight excluding hydrogens is 238 g/mol. The summed E-state index contributed by atoms with van der Waals surface area (Å²) >= 11 is 0. The number of nitrogens with zero attached hydrogens (tertiary/aromatic N) is 1. The van der Waals surface area contributed by atoms with E-state index in [1.807, 2.05) is 4.90 Å². The van der Waals surface area contributed by atoms with E-state index in [2.05, 4.69) is 6.92 Å². The van der Waals surface area contributed by atoms with Gasteiger partial charge in [-0.05, 0) is 32.1 Å². The Morgan fingerprint density at radius 1 is 1.16 bits per heavy atom. The topological polar surface area (TPSA) is 40.5 Å². The van der Waals surface area contributed by atoms with Gasteiger partial charge in [-0.3, -0.25) is 4.79 Å². The average molecular weight is 267 g/mol. The maximum atomic E-state index is 13.0. The number of hydrogen-bond donors (Lipinski definition) is 1. The molecule has 0 unspecified atom stereocenters. The molecule has 2 aliphatic rings. The maximum absolute atomic E-state index is 13.0. The number of rotatable bonds is 5. The van der Waals surface area contributed by atoms with E-state index in [0.717, 1.165) is 32.1 Å². The first kappa shape index (κ1) is 14.8. The molecule has 0 bridgehead atoms. The Kier molecular flexibility index (Phi) is 5.26. The van der Waals surface area contributed by atoms with E-state index < -0.39 is 0 Å². The summed E-state index contributed by atoms with van der Waals surface area (Å²) in [5, 5.41) is 9.32. The lowest BCUT2D eigenvalue weighted by Crippen LogP contribution is -2.49. The van der Waals surface area contributed by atoms with Crippen LogP contribution in [-0.4, -0.2) is 35.1 Å². The van der Waals surface area contributed by atoms with Crippen LogP contribution in [0, 0.1) is 5.41 Å². The summed E-state index contributed by atoms with van der Waals surface area (Å²) < 4.78 is 0. The Balaban J connectivity index is 2.10. The van der Waals surface area contributed by atoms with Crippen LogP contribution in [0.5, 0.6) is 0 Å². The van der Waals surface area contributed by atoms with Crippen molar-refractivity contribution in [1.29, 1.82) is 0 Å². The van der Waals surface area contributed by atoms with Crippen molar-refractivity contribution in [3.8, 4) is 0 Å². The van der Waals surface area contributed by atoms with Crippen LogP contribution in [0.2, 0.25) is 0 Å². The Hall–Kier alpha value is -0.570. The molecule has 0 aromatic heterocycles. The second-order valence-corrected chi connectivity index (χ2v) is 6.35. The Morgan fingerprint density at radius 2 is 1.79 bits per heavy atom. The standard InChI is InChI=1S/C16H29NO2/c1-2-16(10-6-7-11-16)15(19)17(12-13-18)14-8-4-3-5-9-14/h14,18H,2-13H2,1H3. The highest BCUT2D eigenvalue weighted by Gasteiger charge is 2.43. The number of aliphatic hydroxyl groups excluding tert-OH is 1. The van der Waals surface area contributed by atoms with Gasteiger partial charge in [-0.15, -0.1) is 0 Å². The Morgan fingerprint density at radius 3 is 2.32 bits per heavy atom. The summed E-state index contributed by atoms with van der Waals surface area (Å²) in [5.74, 6) is 0.341. The van der Waals surface area contributed by atoms with Gasteiger partial charge in [-0.25, -0.2) is 0 Å². The molecular formula is C16H29NO2. The van der Waals surface area contributed by atoms with Crippen LogP contribution in [0.25, 0.3) is 0 Å². The van der Waals surface area contributed by atoms with E-state index in [0.29, 0.717) is 18.5 Å². The van der Waals surface area contributed by atoms with E-state index in [1.165, 1.54) is 32.1 Å². The van der Waals surface area contributed by atoms with Crippen LogP contribution in [-0.2, 0) is 4.79 Å². The Bertz CT molecular complexity index is 291. The van der Waals surface area contributed by atoms with E-state index in [9.17, 15) is 9.90 Å². The first-order chi connectivity index (χ1) is 9.23. The zero-order valence-electron chi connectivity index (χ0n) is 12.4. The fourth-order valence-corrected chi connectivity index (χ4v) is 4.03. The number of carbonyl (C=O) groups excluding carboxylic acids is 1. The van der Waals surface area contributed by atoms with Gasteiger partial charge in [0, 0.05) is 18.0 Å². The number of hydrogen-bond acceptors (Lipinski definition) is 2. The van der Waals surface area contributed by atoms with Crippen molar-refractivity contribution in [3.63, 3.8) is 0 Å². The highest BCUT2D eigenvalue weighted by molar-refractivity contribution is 5.83. The molecule has 1 N–H and O–H groups in total. The maximum Gasteiger partial charge on any atom is 0.229 e. The van der Waals surface area contributed by atoms with Crippen molar-refractivity contribution in [3.05, 3.63) is 0 Å². The van der Waals surface area contributed by atoms with Gasteiger partial charge in [0.2, 0.25) is 5.91 Å². The van der Waals surface area contributed by atoms with Crippen LogP contribution in [0.15, 0.2) is 0 Å². The minimum absolute atomic E-state index is 0.0992. The highest BCUT2D eigenvalue weighted by atomic mass is 16.3. The monoisotopic (exact) mass is 267 g/mol. The zero-order chi connectivity index (χ0) is 13.7. The first-order valence-corrected chi connectivity index (χ1v) is 8.15. The van der Waals surface area contributed by atoms with Gasteiger partial charge in [0.05, 0.1) is 6.61 Å². The van der Waals surface area contributed by atoms with Gasteiger partial charge in [-0.2, -0.15) is 0 Å². The lowest BCUT2D eigenvalue weighted by molar-refractivity contribution is -0.146. The highest BCUT2D eigenvalue weighted by Crippen LogP contribution is 2.43. The molecule has 0 radical (unpaired) electrons. The van der Waals surface area contributed by atoms with E-state index in [4.69, 9.17) is 0 Å². The lowest BCUT2D eigenvalue weighted by atomic mass is 9.80. The summed E-state index contributed by atoms with van der Waals surface area (Å²) in [4.78, 5) is 15.0. The van der Waals surface area contributed by atoms with Gasteiger partial charge >= 0.3 is 0 Å². The normalized spacial score (nSPS) is 23.5. The second-order valence-electron chi connectivity index (χ2n) is 6.35. The molecule has 0 aliphatic heterocycles. The molecule has 3 nitrogen and oxygen atoms in total. The molecule has 2 fully saturated rings. The third-order valence-corrected chi connectivity index (χ3v) is 5.31. The van der Waals surface area contributed by atoms with Crippen molar-refractivity contribution >= 4 is 5.91 Å². The molecule has 110 valence electrons. The molecule has 0 spiro atoms. The minimum Gasteiger partial charge on any atom is -0.395 e. The van der Waals surface area contributed by atoms with Crippen molar-refractivity contribution in [2.45, 2.75) is 77.2 Å². The third kappa shape index (κ3) is 3.13. The quantitative estimate of drug-likeness (QED) is 0.831. The molecule has 1 amide bonds. The minimum atomic E-state index is -0.105. The number of aliphatic hydroxyl groups is 1. The predicted molar refractivity (Wildman–Crippen MR) is 76.9 cm³/mol. The molecule has 3 heteroatoms. The number of amides is 1.